The number of rotatable bonds is 6. The Hall–Kier alpha value is -2.82. The zero-order valence-electron chi connectivity index (χ0n) is 15.4. The number of nitrogens with one attached hydrogen (secondary N) is 1. The molecule has 0 aromatic heterocycles. The molecule has 1 atom stereocenters. The highest BCUT2D eigenvalue weighted by Gasteiger charge is 2.27. The fraction of sp³-hybridized carbons (Fsp3) is 0.364. The summed E-state index contributed by atoms with van der Waals surface area (Å²) in [5.74, 6) is -0.442. The van der Waals surface area contributed by atoms with Crippen molar-refractivity contribution in [1.29, 1.82) is 0 Å². The molecule has 0 unspecified atom stereocenters. The van der Waals surface area contributed by atoms with Crippen molar-refractivity contribution < 1.29 is 14.7 Å². The molecule has 2 aromatic carbocycles. The molecule has 0 saturated carbocycles. The van der Waals surface area contributed by atoms with E-state index < -0.39 is 12.0 Å². The van der Waals surface area contributed by atoms with E-state index in [-0.39, 0.29) is 12.5 Å². The van der Waals surface area contributed by atoms with Crippen molar-refractivity contribution in [1.82, 2.24) is 10.2 Å². The predicted molar refractivity (Wildman–Crippen MR) is 105 cm³/mol. The second-order valence-corrected chi connectivity index (χ2v) is 7.15. The zero-order chi connectivity index (χ0) is 19.1. The summed E-state index contributed by atoms with van der Waals surface area (Å²) >= 11 is 0. The number of nitrogens with zero attached hydrogens (tertiary/aromatic N) is 1. The summed E-state index contributed by atoms with van der Waals surface area (Å²) in [5.41, 5.74) is 2.22. The number of hydrogen-bond donors (Lipinski definition) is 2. The van der Waals surface area contributed by atoms with Gasteiger partial charge >= 0.3 is 12.0 Å². The number of amides is 2. The summed E-state index contributed by atoms with van der Waals surface area (Å²) in [7, 11) is 0. The average molecular weight is 366 g/mol. The highest BCUT2D eigenvalue weighted by Crippen LogP contribution is 2.21. The molecule has 27 heavy (non-hydrogen) atoms. The molecular weight excluding hydrogens is 340 g/mol. The van der Waals surface area contributed by atoms with Gasteiger partial charge in [0, 0.05) is 19.5 Å². The van der Waals surface area contributed by atoms with Gasteiger partial charge in [0.2, 0.25) is 0 Å². The molecule has 0 bridgehead atoms. The molecule has 2 amide bonds. The predicted octanol–water partition coefficient (Wildman–Crippen LogP) is 3.35. The van der Waals surface area contributed by atoms with E-state index in [4.69, 9.17) is 0 Å². The summed E-state index contributed by atoms with van der Waals surface area (Å²) in [5, 5.41) is 12.1. The minimum absolute atomic E-state index is 0.281. The number of hydrogen-bond acceptors (Lipinski definition) is 2. The minimum Gasteiger partial charge on any atom is -0.480 e. The van der Waals surface area contributed by atoms with Crippen LogP contribution in [0.1, 0.15) is 24.0 Å². The van der Waals surface area contributed by atoms with Gasteiger partial charge in [0.25, 0.3) is 0 Å². The Kier molecular flexibility index (Phi) is 6.47. The number of benzene rings is 2. The lowest BCUT2D eigenvalue weighted by Crippen LogP contribution is -2.51. The van der Waals surface area contributed by atoms with E-state index in [0.29, 0.717) is 19.0 Å². The maximum atomic E-state index is 12.5. The van der Waals surface area contributed by atoms with Gasteiger partial charge < -0.3 is 15.3 Å². The Balaban J connectivity index is 1.49. The lowest BCUT2D eigenvalue weighted by atomic mass is 9.90. The van der Waals surface area contributed by atoms with Gasteiger partial charge in [-0.1, -0.05) is 60.7 Å². The van der Waals surface area contributed by atoms with Crippen LogP contribution < -0.4 is 5.32 Å². The molecule has 0 spiro atoms. The van der Waals surface area contributed by atoms with Crippen LogP contribution in [0.3, 0.4) is 0 Å². The summed E-state index contributed by atoms with van der Waals surface area (Å²) in [6.07, 6.45) is 3.20. The van der Waals surface area contributed by atoms with E-state index in [1.54, 1.807) is 4.90 Å². The van der Waals surface area contributed by atoms with Gasteiger partial charge in [-0.3, -0.25) is 0 Å². The largest absolute Gasteiger partial charge is 0.480 e. The van der Waals surface area contributed by atoms with Crippen molar-refractivity contribution in [3.8, 4) is 0 Å². The summed E-state index contributed by atoms with van der Waals surface area (Å²) in [4.78, 5) is 25.8. The van der Waals surface area contributed by atoms with Gasteiger partial charge in [-0.15, -0.1) is 0 Å². The third-order valence-corrected chi connectivity index (χ3v) is 5.15. The average Bonchev–Trinajstić information content (AvgIpc) is 2.69. The molecule has 1 saturated heterocycles. The lowest BCUT2D eigenvalue weighted by Gasteiger charge is -2.33. The van der Waals surface area contributed by atoms with E-state index in [2.05, 4.69) is 29.6 Å². The third kappa shape index (κ3) is 5.58. The first-order valence-corrected chi connectivity index (χ1v) is 9.48. The van der Waals surface area contributed by atoms with Crippen LogP contribution in [0.2, 0.25) is 0 Å². The number of piperidine rings is 1. The summed E-state index contributed by atoms with van der Waals surface area (Å²) < 4.78 is 0. The molecule has 1 aliphatic rings. The molecular formula is C22H26N2O3. The summed E-state index contributed by atoms with van der Waals surface area (Å²) in [6, 6.07) is 18.6. The van der Waals surface area contributed by atoms with Crippen LogP contribution in [-0.2, 0) is 17.6 Å². The highest BCUT2D eigenvalue weighted by molar-refractivity contribution is 5.82. The molecule has 1 heterocycles. The first-order chi connectivity index (χ1) is 13.1. The normalized spacial score (nSPS) is 15.9. The maximum absolute atomic E-state index is 12.5. The first kappa shape index (κ1) is 19.0. The molecule has 0 radical (unpaired) electrons. The number of urea groups is 1. The number of likely N-dealkylation sites (tertiary alicyclic amines) is 1. The topological polar surface area (TPSA) is 69.6 Å². The van der Waals surface area contributed by atoms with E-state index >= 15 is 0 Å². The maximum Gasteiger partial charge on any atom is 0.326 e. The Bertz CT molecular complexity index is 741. The van der Waals surface area contributed by atoms with Gasteiger partial charge in [-0.05, 0) is 36.3 Å². The molecule has 1 aliphatic heterocycles. The van der Waals surface area contributed by atoms with Gasteiger partial charge in [0.05, 0.1) is 0 Å². The van der Waals surface area contributed by atoms with E-state index in [9.17, 15) is 14.7 Å². The molecule has 1 fully saturated rings. The van der Waals surface area contributed by atoms with Crippen LogP contribution in [0.4, 0.5) is 4.79 Å². The van der Waals surface area contributed by atoms with Crippen molar-refractivity contribution in [2.24, 2.45) is 5.92 Å². The van der Waals surface area contributed by atoms with Gasteiger partial charge in [-0.2, -0.15) is 0 Å². The Morgan fingerprint density at radius 1 is 0.963 bits per heavy atom. The fourth-order valence-corrected chi connectivity index (χ4v) is 3.58. The second kappa shape index (κ2) is 9.21. The number of carboxylic acids is 1. The van der Waals surface area contributed by atoms with Crippen molar-refractivity contribution in [3.63, 3.8) is 0 Å². The third-order valence-electron chi connectivity index (χ3n) is 5.15. The van der Waals surface area contributed by atoms with Crippen LogP contribution in [-0.4, -0.2) is 41.1 Å². The van der Waals surface area contributed by atoms with E-state index in [1.165, 1.54) is 5.56 Å². The number of aliphatic carboxylic acids is 1. The van der Waals surface area contributed by atoms with Crippen LogP contribution in [0, 0.1) is 5.92 Å². The number of carboxylic acid groups (broad SMARTS) is 1. The van der Waals surface area contributed by atoms with Crippen molar-refractivity contribution in [2.45, 2.75) is 31.7 Å². The van der Waals surface area contributed by atoms with Gasteiger partial charge in [-0.25, -0.2) is 9.59 Å². The number of carbonyl (C=O) groups is 2. The quantitative estimate of drug-likeness (QED) is 0.824. The molecule has 5 heteroatoms. The lowest BCUT2D eigenvalue weighted by molar-refractivity contribution is -0.139. The fourth-order valence-electron chi connectivity index (χ4n) is 3.58. The first-order valence-electron chi connectivity index (χ1n) is 9.48. The standard InChI is InChI=1S/C22H26N2O3/c25-21(26)20(16-18-9-5-2-6-10-18)23-22(27)24-13-11-19(12-14-24)15-17-7-3-1-4-8-17/h1-10,19-20H,11-16H2,(H,23,27)(H,25,26)/t20-/m1/s1. The SMILES string of the molecule is O=C(O)[C@@H](Cc1ccccc1)NC(=O)N1CCC(Cc2ccccc2)CC1. The summed E-state index contributed by atoms with van der Waals surface area (Å²) in [6.45, 7) is 1.34. The Morgan fingerprint density at radius 3 is 2.07 bits per heavy atom. The molecule has 3 rings (SSSR count). The number of carbonyl (C=O) groups excluding carboxylic acids is 1. The highest BCUT2D eigenvalue weighted by atomic mass is 16.4. The minimum atomic E-state index is -1.01. The molecule has 2 N–H and O–H groups in total. The van der Waals surface area contributed by atoms with Crippen molar-refractivity contribution >= 4 is 12.0 Å². The van der Waals surface area contributed by atoms with Crippen molar-refractivity contribution in [2.75, 3.05) is 13.1 Å². The molecule has 2 aromatic rings. The van der Waals surface area contributed by atoms with Crippen LogP contribution in [0.15, 0.2) is 60.7 Å². The van der Waals surface area contributed by atoms with Crippen LogP contribution in [0.25, 0.3) is 0 Å². The van der Waals surface area contributed by atoms with Gasteiger partial charge in [0.1, 0.15) is 6.04 Å². The Labute approximate surface area is 160 Å². The van der Waals surface area contributed by atoms with E-state index in [1.807, 2.05) is 36.4 Å². The van der Waals surface area contributed by atoms with Crippen molar-refractivity contribution in [3.05, 3.63) is 71.8 Å². The molecule has 5 nitrogen and oxygen atoms in total. The van der Waals surface area contributed by atoms with Gasteiger partial charge in [0.15, 0.2) is 0 Å². The van der Waals surface area contributed by atoms with Crippen LogP contribution in [0.5, 0.6) is 0 Å². The van der Waals surface area contributed by atoms with Crippen LogP contribution >= 0.6 is 0 Å². The molecule has 0 aliphatic carbocycles. The van der Waals surface area contributed by atoms with E-state index in [0.717, 1.165) is 24.8 Å². The second-order valence-electron chi connectivity index (χ2n) is 7.15. The monoisotopic (exact) mass is 366 g/mol. The smallest absolute Gasteiger partial charge is 0.326 e. The molecule has 142 valence electrons. The Morgan fingerprint density at radius 2 is 1.52 bits per heavy atom. The zero-order valence-corrected chi connectivity index (χ0v) is 15.4.